The van der Waals surface area contributed by atoms with Gasteiger partial charge in [0.2, 0.25) is 0 Å². The van der Waals surface area contributed by atoms with E-state index in [-0.39, 0.29) is 6.10 Å². The van der Waals surface area contributed by atoms with E-state index >= 15 is 0 Å². The first-order valence-corrected chi connectivity index (χ1v) is 6.88. The van der Waals surface area contributed by atoms with Gasteiger partial charge in [0.1, 0.15) is 0 Å². The summed E-state index contributed by atoms with van der Waals surface area (Å²) in [5.74, 6) is 0.611. The molecular weight excluding hydrogens is 220 g/mol. The van der Waals surface area contributed by atoms with Crippen molar-refractivity contribution >= 4 is 11.3 Å². The molecule has 1 fully saturated rings. The van der Waals surface area contributed by atoms with Gasteiger partial charge in [-0.05, 0) is 39.4 Å². The maximum Gasteiger partial charge on any atom is 0.0960 e. The number of nitrogens with zero attached hydrogens (tertiary/aromatic N) is 2. The lowest BCUT2D eigenvalue weighted by Crippen LogP contribution is -2.32. The predicted octanol–water partition coefficient (Wildman–Crippen LogP) is 2.40. The summed E-state index contributed by atoms with van der Waals surface area (Å²) in [5, 5.41) is 10.7. The van der Waals surface area contributed by atoms with Gasteiger partial charge >= 0.3 is 0 Å². The first-order valence-electron chi connectivity index (χ1n) is 6.06. The van der Waals surface area contributed by atoms with Crippen LogP contribution < -0.4 is 0 Å². The summed E-state index contributed by atoms with van der Waals surface area (Å²) in [6.07, 6.45) is 3.87. The maximum absolute atomic E-state index is 9.48. The molecule has 0 amide bonds. The molecule has 1 N–H and O–H groups in total. The predicted molar refractivity (Wildman–Crippen MR) is 66.8 cm³/mol. The molecule has 1 aromatic heterocycles. The minimum Gasteiger partial charge on any atom is -0.388 e. The fraction of sp³-hybridized carbons (Fsp3) is 0.750. The summed E-state index contributed by atoms with van der Waals surface area (Å²) < 4.78 is 0. The zero-order chi connectivity index (χ0) is 11.5. The molecule has 0 saturated carbocycles. The molecule has 1 saturated heterocycles. The van der Waals surface area contributed by atoms with E-state index in [1.165, 1.54) is 30.9 Å². The Morgan fingerprint density at radius 2 is 2.25 bits per heavy atom. The van der Waals surface area contributed by atoms with Crippen LogP contribution in [0.5, 0.6) is 0 Å². The first kappa shape index (κ1) is 12.0. The van der Waals surface area contributed by atoms with Crippen LogP contribution in [0.25, 0.3) is 0 Å². The Kier molecular flexibility index (Phi) is 3.95. The lowest BCUT2D eigenvalue weighted by molar-refractivity contribution is 0.203. The van der Waals surface area contributed by atoms with Crippen LogP contribution in [-0.4, -0.2) is 34.6 Å². The van der Waals surface area contributed by atoms with Crippen molar-refractivity contribution in [3.8, 4) is 0 Å². The van der Waals surface area contributed by atoms with Crippen molar-refractivity contribution in [2.24, 2.45) is 0 Å². The van der Waals surface area contributed by atoms with Crippen molar-refractivity contribution in [3.63, 3.8) is 0 Å². The third-order valence-electron chi connectivity index (χ3n) is 3.34. The number of rotatable bonds is 3. The Morgan fingerprint density at radius 1 is 1.56 bits per heavy atom. The van der Waals surface area contributed by atoms with Crippen LogP contribution in [0.4, 0.5) is 0 Å². The zero-order valence-corrected chi connectivity index (χ0v) is 10.8. The third-order valence-corrected chi connectivity index (χ3v) is 4.67. The monoisotopic (exact) mass is 240 g/mol. The van der Waals surface area contributed by atoms with Crippen molar-refractivity contribution < 1.29 is 5.11 Å². The van der Waals surface area contributed by atoms with Crippen molar-refractivity contribution in [1.29, 1.82) is 0 Å². The minimum atomic E-state index is -0.373. The lowest BCUT2D eigenvalue weighted by Gasteiger charge is -2.29. The molecule has 0 radical (unpaired) electrons. The van der Waals surface area contributed by atoms with E-state index in [0.717, 1.165) is 11.4 Å². The Hall–Kier alpha value is -0.450. The van der Waals surface area contributed by atoms with Crippen LogP contribution in [0.2, 0.25) is 0 Å². The molecule has 90 valence electrons. The molecule has 0 aromatic carbocycles. The second-order valence-corrected chi connectivity index (χ2v) is 5.58. The summed E-state index contributed by atoms with van der Waals surface area (Å²) in [6, 6.07) is 0. The quantitative estimate of drug-likeness (QED) is 0.881. The summed E-state index contributed by atoms with van der Waals surface area (Å²) in [7, 11) is 0. The van der Waals surface area contributed by atoms with Gasteiger partial charge in [0, 0.05) is 12.1 Å². The zero-order valence-electron chi connectivity index (χ0n) is 10.0. The highest BCUT2D eigenvalue weighted by Crippen LogP contribution is 2.32. The van der Waals surface area contributed by atoms with Crippen molar-refractivity contribution in [3.05, 3.63) is 16.1 Å². The van der Waals surface area contributed by atoms with Gasteiger partial charge in [-0.15, -0.1) is 11.3 Å². The van der Waals surface area contributed by atoms with Gasteiger partial charge in [0.15, 0.2) is 0 Å². The molecule has 0 bridgehead atoms. The number of aliphatic hydroxyl groups excluding tert-OH is 1. The Labute approximate surface area is 101 Å². The Morgan fingerprint density at radius 3 is 2.75 bits per heavy atom. The average molecular weight is 240 g/mol. The third kappa shape index (κ3) is 2.62. The molecule has 2 heterocycles. The average Bonchev–Trinajstić information content (AvgIpc) is 2.78. The first-order chi connectivity index (χ1) is 7.70. The molecule has 0 spiro atoms. The van der Waals surface area contributed by atoms with Crippen LogP contribution in [-0.2, 0) is 0 Å². The smallest absolute Gasteiger partial charge is 0.0960 e. The van der Waals surface area contributed by atoms with Crippen LogP contribution >= 0.6 is 11.3 Å². The standard InChI is InChI=1S/C12H20N2OS/c1-3-14-6-4-10(5-7-14)12-13-8-11(16-12)9(2)15/h8-10,15H,3-7H2,1-2H3. The van der Waals surface area contributed by atoms with E-state index in [4.69, 9.17) is 0 Å². The molecule has 2 rings (SSSR count). The second kappa shape index (κ2) is 5.25. The summed E-state index contributed by atoms with van der Waals surface area (Å²) in [4.78, 5) is 7.93. The number of piperidine rings is 1. The fourth-order valence-electron chi connectivity index (χ4n) is 2.18. The van der Waals surface area contributed by atoms with Crippen LogP contribution in [0.1, 0.15) is 48.6 Å². The van der Waals surface area contributed by atoms with E-state index < -0.39 is 0 Å². The molecule has 1 atom stereocenters. The van der Waals surface area contributed by atoms with Gasteiger partial charge in [-0.25, -0.2) is 4.98 Å². The van der Waals surface area contributed by atoms with E-state index in [0.29, 0.717) is 5.92 Å². The number of aliphatic hydroxyl groups is 1. The van der Waals surface area contributed by atoms with E-state index in [1.54, 1.807) is 18.3 Å². The highest BCUT2D eigenvalue weighted by molar-refractivity contribution is 7.11. The highest BCUT2D eigenvalue weighted by Gasteiger charge is 2.22. The molecule has 1 aromatic rings. The number of hydrogen-bond acceptors (Lipinski definition) is 4. The fourth-order valence-corrected chi connectivity index (χ4v) is 3.20. The Bertz CT molecular complexity index is 330. The SMILES string of the molecule is CCN1CCC(c2ncc(C(C)O)s2)CC1. The van der Waals surface area contributed by atoms with Crippen LogP contribution in [0.3, 0.4) is 0 Å². The van der Waals surface area contributed by atoms with Crippen LogP contribution in [0.15, 0.2) is 6.20 Å². The van der Waals surface area contributed by atoms with Crippen molar-refractivity contribution in [2.45, 2.75) is 38.7 Å². The van der Waals surface area contributed by atoms with Gasteiger partial charge in [0.25, 0.3) is 0 Å². The number of aromatic nitrogens is 1. The summed E-state index contributed by atoms with van der Waals surface area (Å²) in [5.41, 5.74) is 0. The normalized spacial score (nSPS) is 21.2. The molecule has 16 heavy (non-hydrogen) atoms. The van der Waals surface area contributed by atoms with Gasteiger partial charge in [-0.1, -0.05) is 6.92 Å². The molecule has 1 aliphatic rings. The lowest BCUT2D eigenvalue weighted by atomic mass is 9.98. The minimum absolute atomic E-state index is 0.373. The van der Waals surface area contributed by atoms with Gasteiger partial charge in [0.05, 0.1) is 16.0 Å². The molecule has 1 aliphatic heterocycles. The molecule has 0 aliphatic carbocycles. The van der Waals surface area contributed by atoms with Gasteiger partial charge in [-0.2, -0.15) is 0 Å². The number of thiazole rings is 1. The molecule has 3 nitrogen and oxygen atoms in total. The molecule has 4 heteroatoms. The van der Waals surface area contributed by atoms with Gasteiger partial charge < -0.3 is 10.0 Å². The van der Waals surface area contributed by atoms with E-state index in [2.05, 4.69) is 16.8 Å². The summed E-state index contributed by atoms with van der Waals surface area (Å²) >= 11 is 1.68. The van der Waals surface area contributed by atoms with E-state index in [9.17, 15) is 5.11 Å². The molecular formula is C12H20N2OS. The summed E-state index contributed by atoms with van der Waals surface area (Å²) in [6.45, 7) is 7.55. The second-order valence-electron chi connectivity index (χ2n) is 4.49. The number of likely N-dealkylation sites (tertiary alicyclic amines) is 1. The van der Waals surface area contributed by atoms with Crippen molar-refractivity contribution in [2.75, 3.05) is 19.6 Å². The highest BCUT2D eigenvalue weighted by atomic mass is 32.1. The largest absolute Gasteiger partial charge is 0.388 e. The Balaban J connectivity index is 1.97. The van der Waals surface area contributed by atoms with Gasteiger partial charge in [-0.3, -0.25) is 0 Å². The van der Waals surface area contributed by atoms with Crippen LogP contribution in [0, 0.1) is 0 Å². The van der Waals surface area contributed by atoms with E-state index in [1.807, 2.05) is 6.20 Å². The number of hydrogen-bond donors (Lipinski definition) is 1. The topological polar surface area (TPSA) is 36.4 Å². The maximum atomic E-state index is 9.48. The molecule has 1 unspecified atom stereocenters. The van der Waals surface area contributed by atoms with Crippen molar-refractivity contribution in [1.82, 2.24) is 9.88 Å².